The van der Waals surface area contributed by atoms with Crippen LogP contribution in [0.25, 0.3) is 0 Å². The largest absolute Gasteiger partial charge is 0.394 e. The summed E-state index contributed by atoms with van der Waals surface area (Å²) in [6, 6.07) is 0. The number of hydrogen-bond donors (Lipinski definition) is 5. The van der Waals surface area contributed by atoms with Gasteiger partial charge in [-0.3, -0.25) is 0 Å². The van der Waals surface area contributed by atoms with E-state index in [4.69, 9.17) is 4.74 Å². The topological polar surface area (TPSA) is 110 Å². The first kappa shape index (κ1) is 30.0. The van der Waals surface area contributed by atoms with Crippen molar-refractivity contribution in [3.8, 4) is 0 Å². The average molecular weight is 549 g/mol. The van der Waals surface area contributed by atoms with Crippen molar-refractivity contribution in [3.63, 3.8) is 0 Å². The van der Waals surface area contributed by atoms with E-state index in [9.17, 15) is 25.5 Å². The maximum Gasteiger partial charge on any atom is 0.111 e. The van der Waals surface area contributed by atoms with Crippen molar-refractivity contribution in [1.82, 2.24) is 0 Å². The maximum absolute atomic E-state index is 10.4. The smallest absolute Gasteiger partial charge is 0.111 e. The Morgan fingerprint density at radius 1 is 0.897 bits per heavy atom. The second kappa shape index (κ2) is 11.6. The summed E-state index contributed by atoms with van der Waals surface area (Å²) in [5.74, 6) is 4.25. The summed E-state index contributed by atoms with van der Waals surface area (Å²) in [6.07, 6.45) is 11.1. The number of fused-ring (bicyclic) bond motifs is 5. The second-order valence-electron chi connectivity index (χ2n) is 15.0. The zero-order valence-corrected chi connectivity index (χ0v) is 24.8. The number of rotatable bonds is 8. The van der Waals surface area contributed by atoms with Crippen molar-refractivity contribution in [1.29, 1.82) is 0 Å². The lowest BCUT2D eigenvalue weighted by molar-refractivity contribution is -0.232. The summed E-state index contributed by atoms with van der Waals surface area (Å²) < 4.78 is 5.74. The molecule has 4 aliphatic carbocycles. The van der Waals surface area contributed by atoms with Crippen molar-refractivity contribution >= 4 is 0 Å². The Morgan fingerprint density at radius 2 is 1.64 bits per heavy atom. The molecule has 2 unspecified atom stereocenters. The fourth-order valence-electron chi connectivity index (χ4n) is 10.5. The predicted octanol–water partition coefficient (Wildman–Crippen LogP) is 4.60. The van der Waals surface area contributed by atoms with Gasteiger partial charge in [0.2, 0.25) is 0 Å². The Labute approximate surface area is 236 Å². The van der Waals surface area contributed by atoms with Gasteiger partial charge in [-0.1, -0.05) is 58.6 Å². The molecule has 6 nitrogen and oxygen atoms in total. The van der Waals surface area contributed by atoms with E-state index in [-0.39, 0.29) is 12.7 Å². The van der Waals surface area contributed by atoms with Crippen molar-refractivity contribution in [2.45, 2.75) is 141 Å². The molecule has 0 bridgehead atoms. The Morgan fingerprint density at radius 3 is 2.38 bits per heavy atom. The van der Waals surface area contributed by atoms with Gasteiger partial charge in [0, 0.05) is 0 Å². The Hall–Kier alpha value is -0.500. The number of ether oxygens (including phenoxy) is 1. The molecule has 14 atom stereocenters. The number of aliphatic hydroxyl groups excluding tert-OH is 5. The van der Waals surface area contributed by atoms with Gasteiger partial charge in [-0.05, 0) is 104 Å². The molecule has 5 rings (SSSR count). The van der Waals surface area contributed by atoms with Crippen LogP contribution >= 0.6 is 0 Å². The molecular formula is C33H56O6. The van der Waals surface area contributed by atoms with Gasteiger partial charge in [0.15, 0.2) is 0 Å². The molecular weight excluding hydrogens is 492 g/mol. The van der Waals surface area contributed by atoms with E-state index < -0.39 is 30.5 Å². The van der Waals surface area contributed by atoms with Gasteiger partial charge in [0.1, 0.15) is 24.4 Å². The van der Waals surface area contributed by atoms with Crippen LogP contribution in [-0.4, -0.2) is 68.8 Å². The molecule has 4 fully saturated rings. The first-order valence-electron chi connectivity index (χ1n) is 16.2. The number of allylic oxidation sites excluding steroid dienone is 1. The zero-order valence-electron chi connectivity index (χ0n) is 24.8. The highest BCUT2D eigenvalue weighted by molar-refractivity contribution is 5.25. The Balaban J connectivity index is 1.14. The Bertz CT molecular complexity index is 874. The van der Waals surface area contributed by atoms with Crippen LogP contribution in [0.3, 0.4) is 0 Å². The van der Waals surface area contributed by atoms with E-state index >= 15 is 0 Å². The van der Waals surface area contributed by atoms with Crippen LogP contribution in [0.1, 0.15) is 105 Å². The molecule has 3 saturated carbocycles. The van der Waals surface area contributed by atoms with Gasteiger partial charge in [-0.25, -0.2) is 0 Å². The molecule has 0 aromatic heterocycles. The molecule has 5 aliphatic rings. The fraction of sp³-hybridized carbons (Fsp3) is 0.939. The molecule has 1 aliphatic heterocycles. The highest BCUT2D eigenvalue weighted by Crippen LogP contribution is 2.67. The minimum absolute atomic E-state index is 0.133. The van der Waals surface area contributed by atoms with Crippen LogP contribution in [0.4, 0.5) is 0 Å². The SMILES string of the molecule is CC(CCC[C@@H](C)[C@H]1CC[C@H]2[C@@H]3CC=C4C[C@@H](O)CC[C@]4(C)[C@H]3CC[C@]12C)CC1O[C@H](CO)[C@@H](O)[C@H](O)[C@H]1O. The van der Waals surface area contributed by atoms with Crippen molar-refractivity contribution in [2.24, 2.45) is 46.3 Å². The van der Waals surface area contributed by atoms with Crippen LogP contribution in [0.15, 0.2) is 11.6 Å². The van der Waals surface area contributed by atoms with E-state index in [0.717, 1.165) is 55.8 Å². The molecule has 0 aromatic carbocycles. The first-order chi connectivity index (χ1) is 18.5. The van der Waals surface area contributed by atoms with Crippen molar-refractivity contribution in [3.05, 3.63) is 11.6 Å². The van der Waals surface area contributed by atoms with Crippen LogP contribution in [-0.2, 0) is 4.74 Å². The van der Waals surface area contributed by atoms with E-state index in [1.807, 2.05) is 0 Å². The van der Waals surface area contributed by atoms with E-state index in [0.29, 0.717) is 29.1 Å². The second-order valence-corrected chi connectivity index (χ2v) is 15.0. The average Bonchev–Trinajstić information content (AvgIpc) is 3.26. The summed E-state index contributed by atoms with van der Waals surface area (Å²) in [5, 5.41) is 50.4. The van der Waals surface area contributed by atoms with Gasteiger partial charge in [-0.2, -0.15) is 0 Å². The lowest BCUT2D eigenvalue weighted by Crippen LogP contribution is -2.58. The monoisotopic (exact) mass is 548 g/mol. The van der Waals surface area contributed by atoms with Gasteiger partial charge in [0.25, 0.3) is 0 Å². The van der Waals surface area contributed by atoms with E-state index in [1.54, 1.807) is 5.57 Å². The fourth-order valence-corrected chi connectivity index (χ4v) is 10.5. The third-order valence-electron chi connectivity index (χ3n) is 12.8. The normalized spacial score (nSPS) is 49.4. The summed E-state index contributed by atoms with van der Waals surface area (Å²) in [7, 11) is 0. The standard InChI is InChI=1S/C33H56O6/c1-19(16-27-29(36)31(38)30(37)28(18-34)39-27)6-5-7-20(2)24-10-11-25-23-9-8-21-17-22(35)12-14-32(21,3)26(23)13-15-33(24,25)4/h8,19-20,22-31,34-38H,5-7,9-18H2,1-4H3/t19?,20-,22+,23+,24-,25+,26+,27?,28-,29+,30-,31-,32+,33-/m1/s1. The van der Waals surface area contributed by atoms with E-state index in [2.05, 4.69) is 33.8 Å². The first-order valence-corrected chi connectivity index (χ1v) is 16.2. The van der Waals surface area contributed by atoms with Crippen LogP contribution in [0.2, 0.25) is 0 Å². The Kier molecular flexibility index (Phi) is 8.95. The molecule has 0 spiro atoms. The van der Waals surface area contributed by atoms with Gasteiger partial charge in [0.05, 0.1) is 18.8 Å². The molecule has 0 amide bonds. The van der Waals surface area contributed by atoms with Gasteiger partial charge in [-0.15, -0.1) is 0 Å². The summed E-state index contributed by atoms with van der Waals surface area (Å²) in [4.78, 5) is 0. The minimum Gasteiger partial charge on any atom is -0.394 e. The number of hydrogen-bond acceptors (Lipinski definition) is 6. The zero-order chi connectivity index (χ0) is 28.1. The molecule has 224 valence electrons. The molecule has 6 heteroatoms. The van der Waals surface area contributed by atoms with Crippen LogP contribution < -0.4 is 0 Å². The summed E-state index contributed by atoms with van der Waals surface area (Å²) in [5.41, 5.74) is 2.31. The third-order valence-corrected chi connectivity index (χ3v) is 12.8. The van der Waals surface area contributed by atoms with Gasteiger partial charge >= 0.3 is 0 Å². The van der Waals surface area contributed by atoms with Crippen LogP contribution in [0, 0.1) is 46.3 Å². The molecule has 0 radical (unpaired) electrons. The summed E-state index contributed by atoms with van der Waals surface area (Å²) in [6.45, 7) is 9.43. The van der Waals surface area contributed by atoms with Crippen LogP contribution in [0.5, 0.6) is 0 Å². The van der Waals surface area contributed by atoms with Gasteiger partial charge < -0.3 is 30.3 Å². The maximum atomic E-state index is 10.4. The molecule has 5 N–H and O–H groups in total. The van der Waals surface area contributed by atoms with Crippen molar-refractivity contribution < 1.29 is 30.3 Å². The third kappa shape index (κ3) is 5.41. The predicted molar refractivity (Wildman–Crippen MR) is 152 cm³/mol. The summed E-state index contributed by atoms with van der Waals surface area (Å²) >= 11 is 0. The lowest BCUT2D eigenvalue weighted by Gasteiger charge is -2.58. The quantitative estimate of drug-likeness (QED) is 0.284. The minimum atomic E-state index is -1.28. The molecule has 39 heavy (non-hydrogen) atoms. The molecule has 0 aromatic rings. The highest BCUT2D eigenvalue weighted by Gasteiger charge is 2.59. The van der Waals surface area contributed by atoms with E-state index in [1.165, 1.54) is 38.5 Å². The highest BCUT2D eigenvalue weighted by atomic mass is 16.5. The lowest BCUT2D eigenvalue weighted by atomic mass is 9.47. The van der Waals surface area contributed by atoms with Crippen molar-refractivity contribution in [2.75, 3.05) is 6.61 Å². The molecule has 1 heterocycles. The number of aliphatic hydroxyl groups is 5. The molecule has 1 saturated heterocycles.